The van der Waals surface area contributed by atoms with Gasteiger partial charge in [-0.05, 0) is 19.3 Å². The van der Waals surface area contributed by atoms with Crippen molar-refractivity contribution in [2.75, 3.05) is 13.2 Å². The van der Waals surface area contributed by atoms with Crippen LogP contribution in [0.4, 0.5) is 0 Å². The van der Waals surface area contributed by atoms with E-state index in [2.05, 4.69) is 23.3 Å². The van der Waals surface area contributed by atoms with Crippen molar-refractivity contribution in [2.45, 2.75) is 269 Å². The molecule has 13 heteroatoms. The summed E-state index contributed by atoms with van der Waals surface area (Å²) in [4.78, 5) is 13.0. The molecule has 1 amide bonds. The Hall–Kier alpha value is -1.16. The van der Waals surface area contributed by atoms with Crippen LogP contribution in [0.3, 0.4) is 0 Å². The van der Waals surface area contributed by atoms with E-state index in [1.54, 1.807) is 6.08 Å². The first kappa shape index (κ1) is 56.9. The standard InChI is InChI=1S/C47H91NO11S/c1-3-5-7-9-11-13-15-16-17-18-19-20-21-22-23-24-25-27-29-31-33-35-37-43(51)48-40(41(50)36-34-32-30-28-26-14-12-10-8-6-4-2)39-57-47-45(53)46(59-60(54,55)56)44(52)42(38-49)58-47/h34,36,40-42,44-47,49-50,52-53H,3-33,35,37-39H2,1-2H3,(H,48,51)(H,54,55,56)/b36-34+. The fourth-order valence-corrected chi connectivity index (χ4v) is 8.49. The molecule has 0 aromatic rings. The number of amides is 1. The molecule has 0 aliphatic carbocycles. The van der Waals surface area contributed by atoms with Crippen LogP contribution in [0.1, 0.15) is 226 Å². The summed E-state index contributed by atoms with van der Waals surface area (Å²) in [6, 6.07) is -0.937. The Morgan fingerprint density at radius 1 is 0.650 bits per heavy atom. The number of rotatable bonds is 42. The van der Waals surface area contributed by atoms with E-state index in [0.717, 1.165) is 38.5 Å². The number of aliphatic hydroxyl groups is 4. The number of aliphatic hydroxyl groups excluding tert-OH is 4. The number of unbranched alkanes of at least 4 members (excludes halogenated alkanes) is 30. The molecule has 0 aromatic carbocycles. The van der Waals surface area contributed by atoms with Crippen LogP contribution >= 0.6 is 0 Å². The summed E-state index contributed by atoms with van der Waals surface area (Å²) in [5.74, 6) is -0.260. The molecule has 12 nitrogen and oxygen atoms in total. The van der Waals surface area contributed by atoms with E-state index >= 15 is 0 Å². The smallest absolute Gasteiger partial charge is 0.394 e. The van der Waals surface area contributed by atoms with Crippen LogP contribution in [-0.2, 0) is 28.9 Å². The predicted octanol–water partition coefficient (Wildman–Crippen LogP) is 9.94. The van der Waals surface area contributed by atoms with Crippen LogP contribution in [0.2, 0.25) is 0 Å². The molecule has 0 spiro atoms. The second-order valence-electron chi connectivity index (χ2n) is 17.4. The zero-order valence-electron chi connectivity index (χ0n) is 38.0. The summed E-state index contributed by atoms with van der Waals surface area (Å²) in [5.41, 5.74) is 0. The van der Waals surface area contributed by atoms with Crippen molar-refractivity contribution >= 4 is 16.3 Å². The third kappa shape index (κ3) is 30.8. The molecule has 0 saturated carbocycles. The summed E-state index contributed by atoms with van der Waals surface area (Å²) in [5, 5.41) is 44.7. The normalized spacial score (nSPS) is 20.8. The molecular formula is C47H91NO11S. The van der Waals surface area contributed by atoms with Crippen molar-refractivity contribution in [2.24, 2.45) is 0 Å². The Morgan fingerprint density at radius 3 is 1.45 bits per heavy atom. The monoisotopic (exact) mass is 878 g/mol. The van der Waals surface area contributed by atoms with Crippen molar-refractivity contribution in [3.8, 4) is 0 Å². The minimum Gasteiger partial charge on any atom is -0.394 e. The Kier molecular flexibility index (Phi) is 36.3. The van der Waals surface area contributed by atoms with Crippen LogP contribution in [-0.4, -0.2) is 95.4 Å². The number of hydrogen-bond acceptors (Lipinski definition) is 10. The van der Waals surface area contributed by atoms with Crippen molar-refractivity contribution in [3.63, 3.8) is 0 Å². The number of allylic oxidation sites excluding steroid dienone is 1. The summed E-state index contributed by atoms with van der Waals surface area (Å²) in [6.07, 6.45) is 34.1. The van der Waals surface area contributed by atoms with Gasteiger partial charge in [-0.1, -0.05) is 212 Å². The van der Waals surface area contributed by atoms with Crippen LogP contribution in [0, 0.1) is 0 Å². The van der Waals surface area contributed by atoms with Gasteiger partial charge in [0.1, 0.15) is 24.4 Å². The van der Waals surface area contributed by atoms with E-state index in [4.69, 9.17) is 9.47 Å². The van der Waals surface area contributed by atoms with Gasteiger partial charge in [0.2, 0.25) is 5.91 Å². The molecule has 0 radical (unpaired) electrons. The second-order valence-corrected chi connectivity index (χ2v) is 18.5. The van der Waals surface area contributed by atoms with Gasteiger partial charge in [-0.3, -0.25) is 9.35 Å². The highest BCUT2D eigenvalue weighted by atomic mass is 32.3. The quantitative estimate of drug-likeness (QED) is 0.0194. The Bertz CT molecular complexity index is 1130. The molecule has 1 fully saturated rings. The summed E-state index contributed by atoms with van der Waals surface area (Å²) < 4.78 is 47.6. The number of hydrogen-bond donors (Lipinski definition) is 6. The minimum atomic E-state index is -5.08. The lowest BCUT2D eigenvalue weighted by Crippen LogP contribution is -2.61. The topological polar surface area (TPSA) is 192 Å². The van der Waals surface area contributed by atoms with E-state index in [9.17, 15) is 38.2 Å². The van der Waals surface area contributed by atoms with Gasteiger partial charge in [-0.15, -0.1) is 0 Å². The summed E-state index contributed by atoms with van der Waals surface area (Å²) in [7, 11) is -5.08. The van der Waals surface area contributed by atoms with Gasteiger partial charge in [0, 0.05) is 6.42 Å². The second kappa shape index (κ2) is 38.3. The number of ether oxygens (including phenoxy) is 2. The van der Waals surface area contributed by atoms with E-state index in [1.807, 2.05) is 6.08 Å². The maximum atomic E-state index is 13.0. The number of carbonyl (C=O) groups is 1. The number of nitrogens with one attached hydrogen (secondary N) is 1. The molecule has 0 aromatic heterocycles. The lowest BCUT2D eigenvalue weighted by atomic mass is 9.99. The van der Waals surface area contributed by atoms with Crippen molar-refractivity contribution in [1.29, 1.82) is 0 Å². The maximum Gasteiger partial charge on any atom is 0.397 e. The van der Waals surface area contributed by atoms with Crippen molar-refractivity contribution in [3.05, 3.63) is 12.2 Å². The molecule has 1 saturated heterocycles. The van der Waals surface area contributed by atoms with E-state index in [0.29, 0.717) is 6.42 Å². The SMILES string of the molecule is CCCCCCCCCCC/C=C/C(O)C(COC1OC(CO)C(O)C(OS(=O)(=O)O)C1O)NC(=O)CCCCCCCCCCCCCCCCCCCCCCCC. The van der Waals surface area contributed by atoms with Crippen LogP contribution in [0.15, 0.2) is 12.2 Å². The third-order valence-corrected chi connectivity index (χ3v) is 12.3. The van der Waals surface area contributed by atoms with Gasteiger partial charge in [0.25, 0.3) is 0 Å². The van der Waals surface area contributed by atoms with E-state index < -0.39 is 59.9 Å². The fraction of sp³-hybridized carbons (Fsp3) is 0.936. The Labute approximate surface area is 366 Å². The molecule has 1 aliphatic heterocycles. The molecule has 1 aliphatic rings. The van der Waals surface area contributed by atoms with Crippen LogP contribution in [0.25, 0.3) is 0 Å². The molecule has 1 heterocycles. The highest BCUT2D eigenvalue weighted by Crippen LogP contribution is 2.26. The lowest BCUT2D eigenvalue weighted by Gasteiger charge is -2.41. The zero-order chi connectivity index (χ0) is 44.1. The fourth-order valence-electron chi connectivity index (χ4n) is 7.98. The van der Waals surface area contributed by atoms with Gasteiger partial charge in [0.05, 0.1) is 25.4 Å². The van der Waals surface area contributed by atoms with Crippen LogP contribution in [0.5, 0.6) is 0 Å². The highest BCUT2D eigenvalue weighted by Gasteiger charge is 2.48. The zero-order valence-corrected chi connectivity index (χ0v) is 38.9. The van der Waals surface area contributed by atoms with Gasteiger partial charge < -0.3 is 35.2 Å². The molecule has 7 unspecified atom stereocenters. The number of carbonyl (C=O) groups excluding carboxylic acids is 1. The van der Waals surface area contributed by atoms with Gasteiger partial charge in [-0.2, -0.15) is 8.42 Å². The van der Waals surface area contributed by atoms with Crippen molar-refractivity contribution < 1.29 is 51.8 Å². The van der Waals surface area contributed by atoms with Gasteiger partial charge in [-0.25, -0.2) is 4.18 Å². The first-order chi connectivity index (χ1) is 29.0. The summed E-state index contributed by atoms with van der Waals surface area (Å²) in [6.45, 7) is 3.38. The minimum absolute atomic E-state index is 0.260. The lowest BCUT2D eigenvalue weighted by molar-refractivity contribution is -0.298. The van der Waals surface area contributed by atoms with Gasteiger partial charge >= 0.3 is 10.4 Å². The average Bonchev–Trinajstić information content (AvgIpc) is 3.22. The van der Waals surface area contributed by atoms with E-state index in [-0.39, 0.29) is 18.9 Å². The molecule has 1 rings (SSSR count). The van der Waals surface area contributed by atoms with Crippen molar-refractivity contribution in [1.82, 2.24) is 5.32 Å². The van der Waals surface area contributed by atoms with Crippen LogP contribution < -0.4 is 5.32 Å². The molecule has 0 bridgehead atoms. The Morgan fingerprint density at radius 2 is 1.05 bits per heavy atom. The first-order valence-corrected chi connectivity index (χ1v) is 25.9. The largest absolute Gasteiger partial charge is 0.397 e. The summed E-state index contributed by atoms with van der Waals surface area (Å²) >= 11 is 0. The molecule has 60 heavy (non-hydrogen) atoms. The van der Waals surface area contributed by atoms with Gasteiger partial charge in [0.15, 0.2) is 6.29 Å². The average molecular weight is 878 g/mol. The first-order valence-electron chi connectivity index (χ1n) is 24.6. The molecular weight excluding hydrogens is 787 g/mol. The van der Waals surface area contributed by atoms with E-state index in [1.165, 1.54) is 161 Å². The Balaban J connectivity index is 2.39. The molecule has 7 atom stereocenters. The maximum absolute atomic E-state index is 13.0. The highest BCUT2D eigenvalue weighted by molar-refractivity contribution is 7.80. The molecule has 6 N–H and O–H groups in total. The molecule has 356 valence electrons. The third-order valence-electron chi connectivity index (χ3n) is 11.8. The predicted molar refractivity (Wildman–Crippen MR) is 241 cm³/mol.